The van der Waals surface area contributed by atoms with E-state index in [1.807, 2.05) is 52.3 Å². The quantitative estimate of drug-likeness (QED) is 0.660. The fourth-order valence-electron chi connectivity index (χ4n) is 4.24. The number of carbonyl (C=O) groups excluding carboxylic acids is 2. The Bertz CT molecular complexity index is 1310. The molecule has 0 saturated heterocycles. The summed E-state index contributed by atoms with van der Waals surface area (Å²) in [4.78, 5) is 30.4. The molecule has 10 heteroatoms. The Labute approximate surface area is 202 Å². The summed E-state index contributed by atoms with van der Waals surface area (Å²) in [6.45, 7) is 0.854. The molecule has 2 aliphatic heterocycles. The first-order chi connectivity index (χ1) is 16.4. The summed E-state index contributed by atoms with van der Waals surface area (Å²) in [5.41, 5.74) is 3.10. The number of nitrogens with one attached hydrogen (secondary N) is 1. The third-order valence-electron chi connectivity index (χ3n) is 6.45. The molecule has 0 atom stereocenters. The van der Waals surface area contributed by atoms with E-state index in [1.165, 1.54) is 11.8 Å². The van der Waals surface area contributed by atoms with Gasteiger partial charge in [-0.2, -0.15) is 0 Å². The highest BCUT2D eigenvalue weighted by atomic mass is 32.2. The Hall–Kier alpha value is -2.85. The summed E-state index contributed by atoms with van der Waals surface area (Å²) in [5, 5.41) is 3.45. The Morgan fingerprint density at radius 3 is 2.50 bits per heavy atom. The van der Waals surface area contributed by atoms with Crippen LogP contribution in [0.1, 0.15) is 52.0 Å². The van der Waals surface area contributed by atoms with Crippen LogP contribution in [0.25, 0.3) is 0 Å². The molecule has 2 aromatic carbocycles. The van der Waals surface area contributed by atoms with Crippen LogP contribution in [0.5, 0.6) is 0 Å². The van der Waals surface area contributed by atoms with Crippen molar-refractivity contribution >= 4 is 44.5 Å². The number of benzene rings is 2. The standard InChI is InChI=1S/C24H24N4O4S2/c29-22(25-18-6-7-18)16-3-1-15(2-4-16)14-28(19-8-9-19)23(30)17-5-10-20-21(13-17)33-24-26-34(31,32)12-11-27(20)24/h1-5,10,13,18-19H,6-9,11-12,14H2,(H,25,29). The predicted octanol–water partition coefficient (Wildman–Crippen LogP) is 3.00. The zero-order chi connectivity index (χ0) is 23.4. The SMILES string of the molecule is O=C(NC1CC1)c1ccc(CN(C(=O)c2ccc3c(c2)SC2=NS(=O)(=O)CCN23)C2CC2)cc1. The fourth-order valence-corrected chi connectivity index (χ4v) is 6.53. The molecule has 1 N–H and O–H groups in total. The Morgan fingerprint density at radius 1 is 1.06 bits per heavy atom. The van der Waals surface area contributed by atoms with Gasteiger partial charge in [-0.15, -0.1) is 4.40 Å². The van der Waals surface area contributed by atoms with Crippen LogP contribution in [-0.2, 0) is 16.6 Å². The zero-order valence-corrected chi connectivity index (χ0v) is 20.1. The Morgan fingerprint density at radius 2 is 1.79 bits per heavy atom. The average Bonchev–Trinajstić information content (AvgIpc) is 3.74. The van der Waals surface area contributed by atoms with Gasteiger partial charge in [0.2, 0.25) is 0 Å². The van der Waals surface area contributed by atoms with Gasteiger partial charge in [-0.1, -0.05) is 12.1 Å². The number of hydrogen-bond donors (Lipinski definition) is 1. The number of rotatable bonds is 6. The van der Waals surface area contributed by atoms with E-state index in [0.29, 0.717) is 35.4 Å². The molecule has 0 aromatic heterocycles. The number of amides is 2. The molecule has 2 fully saturated rings. The van der Waals surface area contributed by atoms with Gasteiger partial charge in [-0.05, 0) is 73.3 Å². The molecule has 0 radical (unpaired) electrons. The summed E-state index contributed by atoms with van der Waals surface area (Å²) >= 11 is 1.29. The van der Waals surface area contributed by atoms with Gasteiger partial charge in [0, 0.05) is 41.2 Å². The van der Waals surface area contributed by atoms with Gasteiger partial charge in [0.25, 0.3) is 21.8 Å². The van der Waals surface area contributed by atoms with Gasteiger partial charge in [-0.3, -0.25) is 9.59 Å². The maximum atomic E-state index is 13.5. The van der Waals surface area contributed by atoms with Crippen molar-refractivity contribution in [2.45, 2.75) is 49.2 Å². The minimum atomic E-state index is -3.42. The van der Waals surface area contributed by atoms with Crippen LogP contribution in [0.3, 0.4) is 0 Å². The second kappa shape index (κ2) is 8.13. The molecule has 4 aliphatic rings. The van der Waals surface area contributed by atoms with Crippen LogP contribution in [0.15, 0.2) is 51.8 Å². The highest BCUT2D eigenvalue weighted by Gasteiger charge is 2.36. The van der Waals surface area contributed by atoms with Crippen LogP contribution >= 0.6 is 11.8 Å². The second-order valence-electron chi connectivity index (χ2n) is 9.20. The van der Waals surface area contributed by atoms with E-state index in [1.54, 1.807) is 0 Å². The molecule has 34 heavy (non-hydrogen) atoms. The van der Waals surface area contributed by atoms with Crippen molar-refractivity contribution in [3.8, 4) is 0 Å². The van der Waals surface area contributed by atoms with Crippen molar-refractivity contribution in [2.75, 3.05) is 17.2 Å². The first-order valence-corrected chi connectivity index (χ1v) is 13.9. The van der Waals surface area contributed by atoms with Gasteiger partial charge in [-0.25, -0.2) is 8.42 Å². The van der Waals surface area contributed by atoms with E-state index in [4.69, 9.17) is 0 Å². The van der Waals surface area contributed by atoms with Crippen molar-refractivity contribution in [1.29, 1.82) is 0 Å². The molecule has 0 unspecified atom stereocenters. The van der Waals surface area contributed by atoms with E-state index in [9.17, 15) is 18.0 Å². The molecule has 8 nitrogen and oxygen atoms in total. The van der Waals surface area contributed by atoms with Crippen LogP contribution < -0.4 is 10.2 Å². The fraction of sp³-hybridized carbons (Fsp3) is 0.375. The lowest BCUT2D eigenvalue weighted by molar-refractivity contribution is 0.0729. The smallest absolute Gasteiger partial charge is 0.257 e. The van der Waals surface area contributed by atoms with Crippen molar-refractivity contribution in [3.05, 3.63) is 59.2 Å². The first-order valence-electron chi connectivity index (χ1n) is 11.5. The van der Waals surface area contributed by atoms with Crippen LogP contribution in [0.4, 0.5) is 5.69 Å². The molecule has 2 saturated carbocycles. The van der Waals surface area contributed by atoms with Crippen LogP contribution in [-0.4, -0.2) is 54.7 Å². The number of carbonyl (C=O) groups is 2. The first kappa shape index (κ1) is 21.7. The number of fused-ring (bicyclic) bond motifs is 3. The van der Waals surface area contributed by atoms with Crippen molar-refractivity contribution in [2.24, 2.45) is 4.40 Å². The maximum Gasteiger partial charge on any atom is 0.257 e. The average molecular weight is 497 g/mol. The number of hydrogen-bond acceptors (Lipinski definition) is 6. The highest BCUT2D eigenvalue weighted by molar-refractivity contribution is 8.15. The van der Waals surface area contributed by atoms with Crippen molar-refractivity contribution in [1.82, 2.24) is 10.2 Å². The summed E-state index contributed by atoms with van der Waals surface area (Å²) in [6.07, 6.45) is 4.06. The number of anilines is 1. The number of nitrogens with zero attached hydrogens (tertiary/aromatic N) is 3. The van der Waals surface area contributed by atoms with Crippen LogP contribution in [0.2, 0.25) is 0 Å². The topological polar surface area (TPSA) is 99.1 Å². The van der Waals surface area contributed by atoms with Gasteiger partial charge in [0.05, 0.1) is 11.4 Å². The van der Waals surface area contributed by atoms with E-state index in [0.717, 1.165) is 41.8 Å². The van der Waals surface area contributed by atoms with E-state index >= 15 is 0 Å². The third-order valence-corrected chi connectivity index (χ3v) is 8.76. The molecule has 0 bridgehead atoms. The van der Waals surface area contributed by atoms with Gasteiger partial charge in [0.1, 0.15) is 0 Å². The predicted molar refractivity (Wildman–Crippen MR) is 131 cm³/mol. The van der Waals surface area contributed by atoms with Crippen LogP contribution in [0, 0.1) is 0 Å². The molecule has 6 rings (SSSR count). The van der Waals surface area contributed by atoms with E-state index in [-0.39, 0.29) is 23.6 Å². The molecular weight excluding hydrogens is 472 g/mol. The van der Waals surface area contributed by atoms with E-state index in [2.05, 4.69) is 9.71 Å². The maximum absolute atomic E-state index is 13.5. The number of sulfonamides is 1. The lowest BCUT2D eigenvalue weighted by Crippen LogP contribution is -2.35. The minimum absolute atomic E-state index is 0.00628. The second-order valence-corrected chi connectivity index (χ2v) is 12.0. The van der Waals surface area contributed by atoms with Crippen molar-refractivity contribution < 1.29 is 18.0 Å². The molecule has 2 heterocycles. The largest absolute Gasteiger partial charge is 0.349 e. The molecule has 176 valence electrons. The normalized spacial score (nSPS) is 20.2. The molecule has 0 spiro atoms. The Balaban J connectivity index is 1.19. The zero-order valence-electron chi connectivity index (χ0n) is 18.4. The Kier molecular flexibility index (Phi) is 5.18. The number of amidine groups is 1. The highest BCUT2D eigenvalue weighted by Crippen LogP contribution is 2.42. The van der Waals surface area contributed by atoms with Gasteiger partial charge < -0.3 is 15.1 Å². The molecule has 2 aliphatic carbocycles. The molecule has 2 aromatic rings. The van der Waals surface area contributed by atoms with Gasteiger partial charge >= 0.3 is 0 Å². The lowest BCUT2D eigenvalue weighted by Gasteiger charge is -2.24. The summed E-state index contributed by atoms with van der Waals surface area (Å²) in [5.74, 6) is -0.0948. The summed E-state index contributed by atoms with van der Waals surface area (Å²) in [6, 6.07) is 13.5. The van der Waals surface area contributed by atoms with Crippen molar-refractivity contribution in [3.63, 3.8) is 0 Å². The number of thioether (sulfide) groups is 1. The van der Waals surface area contributed by atoms with Gasteiger partial charge in [0.15, 0.2) is 5.17 Å². The summed E-state index contributed by atoms with van der Waals surface area (Å²) in [7, 11) is -3.42. The lowest BCUT2D eigenvalue weighted by atomic mass is 10.1. The summed E-state index contributed by atoms with van der Waals surface area (Å²) < 4.78 is 27.6. The molecule has 2 amide bonds. The molecular formula is C24H24N4O4S2. The third kappa shape index (κ3) is 4.32. The van der Waals surface area contributed by atoms with E-state index < -0.39 is 10.0 Å². The minimum Gasteiger partial charge on any atom is -0.349 e. The monoisotopic (exact) mass is 496 g/mol.